The Bertz CT molecular complexity index is 468. The smallest absolute Gasteiger partial charge is 0.137 e. The van der Waals surface area contributed by atoms with Crippen LogP contribution in [0.3, 0.4) is 0 Å². The second-order valence-electron chi connectivity index (χ2n) is 5.50. The number of nitrogens with two attached hydrogens (primary N) is 1. The second-order valence-corrected chi connectivity index (χ2v) is 5.50. The molecule has 0 amide bonds. The molecule has 0 atom stereocenters. The van der Waals surface area contributed by atoms with Crippen LogP contribution in [0.1, 0.15) is 24.1 Å². The van der Waals surface area contributed by atoms with Crippen molar-refractivity contribution < 1.29 is 0 Å². The van der Waals surface area contributed by atoms with Crippen molar-refractivity contribution in [2.24, 2.45) is 12.8 Å². The molecule has 1 saturated heterocycles. The molecule has 0 bridgehead atoms. The van der Waals surface area contributed by atoms with Crippen LogP contribution in [0, 0.1) is 12.3 Å². The molecule has 19 heavy (non-hydrogen) atoms. The van der Waals surface area contributed by atoms with Crippen LogP contribution in [0.2, 0.25) is 0 Å². The third-order valence-electron chi connectivity index (χ3n) is 3.96. The normalized spacial score (nSPS) is 17.2. The van der Waals surface area contributed by atoms with Crippen LogP contribution in [0.25, 0.3) is 0 Å². The Balaban J connectivity index is 2.22. The number of hydrogen-bond donors (Lipinski definition) is 2. The molecule has 3 N–H and O–H groups in total. The van der Waals surface area contributed by atoms with Crippen molar-refractivity contribution in [3.63, 3.8) is 0 Å². The summed E-state index contributed by atoms with van der Waals surface area (Å²) in [6.45, 7) is 3.89. The van der Waals surface area contributed by atoms with Crippen molar-refractivity contribution in [2.75, 3.05) is 32.1 Å². The average molecular weight is 264 g/mol. The Labute approximate surface area is 114 Å². The molecule has 6 nitrogen and oxygen atoms in total. The van der Waals surface area contributed by atoms with E-state index in [0.717, 1.165) is 43.0 Å². The first-order valence-electron chi connectivity index (χ1n) is 6.71. The molecule has 1 aromatic rings. The lowest BCUT2D eigenvalue weighted by atomic mass is 10.0. The van der Waals surface area contributed by atoms with Gasteiger partial charge in [-0.05, 0) is 33.9 Å². The van der Waals surface area contributed by atoms with Crippen LogP contribution in [0.5, 0.6) is 0 Å². The first-order chi connectivity index (χ1) is 8.91. The highest BCUT2D eigenvalue weighted by Crippen LogP contribution is 2.26. The molecule has 2 rings (SSSR count). The van der Waals surface area contributed by atoms with Gasteiger partial charge in [0.25, 0.3) is 0 Å². The highest BCUT2D eigenvalue weighted by atomic mass is 15.4. The molecule has 0 aliphatic carbocycles. The summed E-state index contributed by atoms with van der Waals surface area (Å²) in [5, 5.41) is 12.2. The summed E-state index contributed by atoms with van der Waals surface area (Å²) in [7, 11) is 6.19. The van der Waals surface area contributed by atoms with E-state index in [-0.39, 0.29) is 5.84 Å². The van der Waals surface area contributed by atoms with Crippen molar-refractivity contribution in [1.29, 1.82) is 5.41 Å². The number of amidine groups is 1. The minimum absolute atomic E-state index is 0.107. The monoisotopic (exact) mass is 264 g/mol. The van der Waals surface area contributed by atoms with E-state index in [4.69, 9.17) is 11.1 Å². The predicted molar refractivity (Wildman–Crippen MR) is 77.9 cm³/mol. The highest BCUT2D eigenvalue weighted by molar-refractivity contribution is 6.00. The standard InChI is InChI=1S/C13H24N6/c1-9-11(12(14)15)13(18(4)16-9)19-7-5-10(6-8-19)17(2)3/h10H,5-8H2,1-4H3,(H3,14,15). The minimum atomic E-state index is 0.107. The zero-order valence-corrected chi connectivity index (χ0v) is 12.3. The van der Waals surface area contributed by atoms with E-state index in [1.807, 2.05) is 18.7 Å². The number of nitrogens with one attached hydrogen (secondary N) is 1. The van der Waals surface area contributed by atoms with E-state index < -0.39 is 0 Å². The van der Waals surface area contributed by atoms with E-state index in [0.29, 0.717) is 6.04 Å². The lowest BCUT2D eigenvalue weighted by Gasteiger charge is -2.36. The van der Waals surface area contributed by atoms with Gasteiger partial charge in [0.15, 0.2) is 0 Å². The number of aryl methyl sites for hydroxylation is 2. The van der Waals surface area contributed by atoms with Crippen LogP contribution in [-0.2, 0) is 7.05 Å². The number of aromatic nitrogens is 2. The molecule has 2 heterocycles. The summed E-state index contributed by atoms with van der Waals surface area (Å²) in [5.41, 5.74) is 7.32. The first-order valence-corrected chi connectivity index (χ1v) is 6.71. The molecule has 6 heteroatoms. The number of piperidine rings is 1. The molecule has 0 unspecified atom stereocenters. The van der Waals surface area contributed by atoms with E-state index >= 15 is 0 Å². The van der Waals surface area contributed by atoms with E-state index in [9.17, 15) is 0 Å². The fourth-order valence-electron chi connectivity index (χ4n) is 2.92. The molecular weight excluding hydrogens is 240 g/mol. The van der Waals surface area contributed by atoms with Crippen molar-refractivity contribution in [2.45, 2.75) is 25.8 Å². The Kier molecular flexibility index (Phi) is 3.80. The zero-order chi connectivity index (χ0) is 14.2. The van der Waals surface area contributed by atoms with E-state index in [2.05, 4.69) is 29.0 Å². The largest absolute Gasteiger partial charge is 0.384 e. The lowest BCUT2D eigenvalue weighted by molar-refractivity contribution is 0.249. The summed E-state index contributed by atoms with van der Waals surface area (Å²) in [6, 6.07) is 0.645. The molecule has 1 aromatic heterocycles. The molecule has 1 fully saturated rings. The number of nitrogen functional groups attached to an aromatic ring is 1. The van der Waals surface area contributed by atoms with Gasteiger partial charge in [0.2, 0.25) is 0 Å². The van der Waals surface area contributed by atoms with Crippen molar-refractivity contribution in [3.05, 3.63) is 11.3 Å². The van der Waals surface area contributed by atoms with Gasteiger partial charge in [0.05, 0.1) is 11.3 Å². The number of anilines is 1. The Morgan fingerprint density at radius 1 is 1.37 bits per heavy atom. The van der Waals surface area contributed by atoms with Gasteiger partial charge in [-0.15, -0.1) is 0 Å². The first kappa shape index (κ1) is 13.9. The summed E-state index contributed by atoms with van der Waals surface area (Å²) in [4.78, 5) is 4.59. The maximum absolute atomic E-state index is 7.75. The highest BCUT2D eigenvalue weighted by Gasteiger charge is 2.26. The van der Waals surface area contributed by atoms with Crippen LogP contribution in [0.15, 0.2) is 0 Å². The van der Waals surface area contributed by atoms with Gasteiger partial charge < -0.3 is 15.5 Å². The average Bonchev–Trinajstić information content (AvgIpc) is 2.64. The SMILES string of the molecule is Cc1nn(C)c(N2CCC(N(C)C)CC2)c1C(=N)N. The van der Waals surface area contributed by atoms with Gasteiger partial charge >= 0.3 is 0 Å². The molecular formula is C13H24N6. The third-order valence-corrected chi connectivity index (χ3v) is 3.96. The lowest BCUT2D eigenvalue weighted by Crippen LogP contribution is -2.43. The fraction of sp³-hybridized carbons (Fsp3) is 0.692. The van der Waals surface area contributed by atoms with Crippen LogP contribution in [0.4, 0.5) is 5.82 Å². The number of nitrogens with zero attached hydrogens (tertiary/aromatic N) is 4. The molecule has 106 valence electrons. The number of rotatable bonds is 3. The summed E-state index contributed by atoms with van der Waals surface area (Å²) < 4.78 is 1.85. The Morgan fingerprint density at radius 3 is 2.42 bits per heavy atom. The van der Waals surface area contributed by atoms with Gasteiger partial charge in [-0.1, -0.05) is 0 Å². The molecule has 0 radical (unpaired) electrons. The van der Waals surface area contributed by atoms with Crippen molar-refractivity contribution in [1.82, 2.24) is 14.7 Å². The van der Waals surface area contributed by atoms with E-state index in [1.54, 1.807) is 0 Å². The van der Waals surface area contributed by atoms with Gasteiger partial charge in [-0.2, -0.15) is 5.10 Å². The third kappa shape index (κ3) is 2.58. The summed E-state index contributed by atoms with van der Waals surface area (Å²) in [5.74, 6) is 1.09. The van der Waals surface area contributed by atoms with Gasteiger partial charge in [-0.3, -0.25) is 10.1 Å². The molecule has 0 saturated carbocycles. The predicted octanol–water partition coefficient (Wildman–Crippen LogP) is 0.543. The molecule has 1 aliphatic rings. The molecule has 1 aliphatic heterocycles. The van der Waals surface area contributed by atoms with Crippen LogP contribution < -0.4 is 10.6 Å². The maximum Gasteiger partial charge on any atom is 0.137 e. The van der Waals surface area contributed by atoms with Gasteiger partial charge in [0.1, 0.15) is 11.7 Å². The Morgan fingerprint density at radius 2 is 1.95 bits per heavy atom. The summed E-state index contributed by atoms with van der Waals surface area (Å²) in [6.07, 6.45) is 2.27. The topological polar surface area (TPSA) is 74.2 Å². The zero-order valence-electron chi connectivity index (χ0n) is 12.3. The number of hydrogen-bond acceptors (Lipinski definition) is 4. The molecule has 0 aromatic carbocycles. The molecule has 0 spiro atoms. The minimum Gasteiger partial charge on any atom is -0.384 e. The van der Waals surface area contributed by atoms with Gasteiger partial charge in [-0.25, -0.2) is 0 Å². The van der Waals surface area contributed by atoms with Gasteiger partial charge in [0, 0.05) is 26.2 Å². The van der Waals surface area contributed by atoms with Crippen molar-refractivity contribution >= 4 is 11.7 Å². The van der Waals surface area contributed by atoms with Crippen LogP contribution >= 0.6 is 0 Å². The maximum atomic E-state index is 7.75. The fourth-order valence-corrected chi connectivity index (χ4v) is 2.92. The van der Waals surface area contributed by atoms with Crippen molar-refractivity contribution in [3.8, 4) is 0 Å². The summed E-state index contributed by atoms with van der Waals surface area (Å²) >= 11 is 0. The Hall–Kier alpha value is -1.56. The quantitative estimate of drug-likeness (QED) is 0.617. The second kappa shape index (κ2) is 5.21. The van der Waals surface area contributed by atoms with E-state index in [1.165, 1.54) is 0 Å². The van der Waals surface area contributed by atoms with Crippen LogP contribution in [-0.4, -0.2) is 53.7 Å².